The lowest BCUT2D eigenvalue weighted by Gasteiger charge is -2.14. The van der Waals surface area contributed by atoms with Gasteiger partial charge in [0.2, 0.25) is 5.91 Å². The number of hydrogen-bond acceptors (Lipinski definition) is 3. The molecule has 18 heavy (non-hydrogen) atoms. The fraction of sp³-hybridized carbons (Fsp3) is 0.385. The quantitative estimate of drug-likeness (QED) is 0.878. The largest absolute Gasteiger partial charge is 0.325 e. The minimum atomic E-state index is -0.542. The van der Waals surface area contributed by atoms with Crippen molar-refractivity contribution in [3.05, 3.63) is 28.8 Å². The van der Waals surface area contributed by atoms with Gasteiger partial charge in [-0.05, 0) is 30.5 Å². The number of hydrogen-bond donors (Lipinski definition) is 2. The van der Waals surface area contributed by atoms with Crippen LogP contribution in [0.15, 0.2) is 18.2 Å². The summed E-state index contributed by atoms with van der Waals surface area (Å²) < 4.78 is 0. The number of nitriles is 1. The second-order valence-corrected chi connectivity index (χ2v) is 4.94. The Balaban J connectivity index is 2.71. The average molecular weight is 266 g/mol. The number of nitrogens with zero attached hydrogens (tertiary/aromatic N) is 1. The van der Waals surface area contributed by atoms with Crippen LogP contribution in [0.4, 0.5) is 5.69 Å². The van der Waals surface area contributed by atoms with Crippen LogP contribution in [0.2, 0.25) is 5.02 Å². The zero-order chi connectivity index (χ0) is 13.7. The molecular weight excluding hydrogens is 250 g/mol. The Morgan fingerprint density at radius 1 is 1.56 bits per heavy atom. The summed E-state index contributed by atoms with van der Waals surface area (Å²) >= 11 is 5.87. The predicted molar refractivity (Wildman–Crippen MR) is 72.2 cm³/mol. The summed E-state index contributed by atoms with van der Waals surface area (Å²) in [5, 5.41) is 11.7. The molecule has 96 valence electrons. The molecule has 1 atom stereocenters. The fourth-order valence-corrected chi connectivity index (χ4v) is 1.76. The van der Waals surface area contributed by atoms with Gasteiger partial charge in [-0.3, -0.25) is 4.79 Å². The molecule has 1 amide bonds. The molecule has 0 aliphatic heterocycles. The Bertz CT molecular complexity index is 480. The van der Waals surface area contributed by atoms with Crippen molar-refractivity contribution in [2.75, 3.05) is 5.32 Å². The Labute approximate surface area is 112 Å². The molecule has 0 unspecified atom stereocenters. The topological polar surface area (TPSA) is 78.9 Å². The number of carbonyl (C=O) groups excluding carboxylic acids is 1. The predicted octanol–water partition coefficient (Wildman–Crippen LogP) is 2.52. The number of amides is 1. The number of carbonyl (C=O) groups is 1. The summed E-state index contributed by atoms with van der Waals surface area (Å²) in [6.45, 7) is 4.01. The van der Waals surface area contributed by atoms with Crippen LogP contribution in [0.5, 0.6) is 0 Å². The fourth-order valence-electron chi connectivity index (χ4n) is 1.53. The first-order chi connectivity index (χ1) is 8.43. The minimum Gasteiger partial charge on any atom is -0.325 e. The Morgan fingerprint density at radius 3 is 2.72 bits per heavy atom. The van der Waals surface area contributed by atoms with E-state index in [0.717, 1.165) is 0 Å². The molecule has 1 rings (SSSR count). The number of nitrogens with one attached hydrogen (secondary N) is 1. The van der Waals surface area contributed by atoms with Crippen molar-refractivity contribution in [2.24, 2.45) is 11.7 Å². The van der Waals surface area contributed by atoms with E-state index in [1.165, 1.54) is 0 Å². The monoisotopic (exact) mass is 265 g/mol. The van der Waals surface area contributed by atoms with Crippen molar-refractivity contribution < 1.29 is 4.79 Å². The Kier molecular flexibility index (Phi) is 5.14. The molecule has 0 saturated heterocycles. The summed E-state index contributed by atoms with van der Waals surface area (Å²) in [6.07, 6.45) is 0.621. The molecule has 1 aromatic rings. The van der Waals surface area contributed by atoms with Gasteiger partial charge >= 0.3 is 0 Å². The highest BCUT2D eigenvalue weighted by atomic mass is 35.5. The summed E-state index contributed by atoms with van der Waals surface area (Å²) in [7, 11) is 0. The highest BCUT2D eigenvalue weighted by Crippen LogP contribution is 2.20. The molecule has 1 aromatic carbocycles. The van der Waals surface area contributed by atoms with Crippen molar-refractivity contribution in [1.82, 2.24) is 0 Å². The first kappa shape index (κ1) is 14.5. The van der Waals surface area contributed by atoms with E-state index in [2.05, 4.69) is 5.32 Å². The zero-order valence-electron chi connectivity index (χ0n) is 10.4. The molecule has 0 saturated carbocycles. The van der Waals surface area contributed by atoms with Crippen LogP contribution in [0, 0.1) is 17.2 Å². The first-order valence-electron chi connectivity index (χ1n) is 5.70. The number of rotatable bonds is 4. The van der Waals surface area contributed by atoms with Gasteiger partial charge in [-0.25, -0.2) is 0 Å². The van der Waals surface area contributed by atoms with Crippen molar-refractivity contribution >= 4 is 23.2 Å². The highest BCUT2D eigenvalue weighted by Gasteiger charge is 2.15. The van der Waals surface area contributed by atoms with Crippen LogP contribution in [0.1, 0.15) is 25.8 Å². The third kappa shape index (κ3) is 4.02. The number of nitrogens with two attached hydrogens (primary N) is 1. The number of benzene rings is 1. The van der Waals surface area contributed by atoms with E-state index in [1.54, 1.807) is 18.2 Å². The van der Waals surface area contributed by atoms with E-state index in [4.69, 9.17) is 22.6 Å². The van der Waals surface area contributed by atoms with Crippen LogP contribution in [0.3, 0.4) is 0 Å². The summed E-state index contributed by atoms with van der Waals surface area (Å²) in [5.41, 5.74) is 6.68. The van der Waals surface area contributed by atoms with Gasteiger partial charge in [-0.15, -0.1) is 0 Å². The molecule has 3 N–H and O–H groups in total. The molecule has 5 heteroatoms. The zero-order valence-corrected chi connectivity index (χ0v) is 11.2. The van der Waals surface area contributed by atoms with E-state index in [1.807, 2.05) is 19.9 Å². The van der Waals surface area contributed by atoms with Crippen molar-refractivity contribution in [1.29, 1.82) is 5.26 Å². The van der Waals surface area contributed by atoms with E-state index in [0.29, 0.717) is 28.6 Å². The lowest BCUT2D eigenvalue weighted by Crippen LogP contribution is -2.36. The summed E-state index contributed by atoms with van der Waals surface area (Å²) in [6, 6.07) is 6.15. The SMILES string of the molecule is CC(C)C[C@@H](N)C(=O)Nc1ccc(C#N)c(Cl)c1. The number of anilines is 1. The molecule has 0 bridgehead atoms. The molecular formula is C13H16ClN3O. The van der Waals surface area contributed by atoms with Crippen molar-refractivity contribution in [2.45, 2.75) is 26.3 Å². The molecule has 0 spiro atoms. The van der Waals surface area contributed by atoms with Gasteiger partial charge in [0.05, 0.1) is 16.6 Å². The van der Waals surface area contributed by atoms with E-state index in [-0.39, 0.29) is 5.91 Å². The molecule has 0 fully saturated rings. The summed E-state index contributed by atoms with van der Waals surface area (Å²) in [5.74, 6) is 0.111. The maximum absolute atomic E-state index is 11.8. The van der Waals surface area contributed by atoms with Gasteiger partial charge in [0.1, 0.15) is 6.07 Å². The second-order valence-electron chi connectivity index (χ2n) is 4.53. The van der Waals surface area contributed by atoms with E-state index < -0.39 is 6.04 Å². The van der Waals surface area contributed by atoms with Crippen LogP contribution in [-0.4, -0.2) is 11.9 Å². The lowest BCUT2D eigenvalue weighted by molar-refractivity contribution is -0.117. The van der Waals surface area contributed by atoms with Gasteiger partial charge in [-0.1, -0.05) is 25.4 Å². The Morgan fingerprint density at radius 2 is 2.22 bits per heavy atom. The minimum absolute atomic E-state index is 0.246. The van der Waals surface area contributed by atoms with Crippen LogP contribution in [-0.2, 0) is 4.79 Å². The molecule has 0 aliphatic carbocycles. The first-order valence-corrected chi connectivity index (χ1v) is 6.08. The molecule has 0 radical (unpaired) electrons. The highest BCUT2D eigenvalue weighted by molar-refractivity contribution is 6.32. The summed E-state index contributed by atoms with van der Waals surface area (Å²) in [4.78, 5) is 11.8. The van der Waals surface area contributed by atoms with Crippen LogP contribution in [0.25, 0.3) is 0 Å². The average Bonchev–Trinajstić information content (AvgIpc) is 2.28. The third-order valence-electron chi connectivity index (χ3n) is 2.42. The van der Waals surface area contributed by atoms with Gasteiger partial charge in [0, 0.05) is 5.69 Å². The molecule has 0 heterocycles. The maximum atomic E-state index is 11.8. The second kappa shape index (κ2) is 6.39. The van der Waals surface area contributed by atoms with Gasteiger partial charge in [-0.2, -0.15) is 5.26 Å². The van der Waals surface area contributed by atoms with Crippen LogP contribution < -0.4 is 11.1 Å². The van der Waals surface area contributed by atoms with Gasteiger partial charge in [0.15, 0.2) is 0 Å². The van der Waals surface area contributed by atoms with Gasteiger partial charge < -0.3 is 11.1 Å². The van der Waals surface area contributed by atoms with Gasteiger partial charge in [0.25, 0.3) is 0 Å². The normalized spacial score (nSPS) is 12.0. The van der Waals surface area contributed by atoms with Crippen molar-refractivity contribution in [3.8, 4) is 6.07 Å². The Hall–Kier alpha value is -1.57. The standard InChI is InChI=1S/C13H16ClN3O/c1-8(2)5-12(16)13(18)17-10-4-3-9(7-15)11(14)6-10/h3-4,6,8,12H,5,16H2,1-2H3,(H,17,18)/t12-/m1/s1. The van der Waals surface area contributed by atoms with Crippen LogP contribution >= 0.6 is 11.6 Å². The van der Waals surface area contributed by atoms with E-state index in [9.17, 15) is 4.79 Å². The van der Waals surface area contributed by atoms with E-state index >= 15 is 0 Å². The molecule has 0 aliphatic rings. The lowest BCUT2D eigenvalue weighted by atomic mass is 10.0. The smallest absolute Gasteiger partial charge is 0.241 e. The van der Waals surface area contributed by atoms with Crippen molar-refractivity contribution in [3.63, 3.8) is 0 Å². The molecule has 0 aromatic heterocycles. The molecule has 4 nitrogen and oxygen atoms in total. The maximum Gasteiger partial charge on any atom is 0.241 e. The third-order valence-corrected chi connectivity index (χ3v) is 2.73. The number of halogens is 1.